The molecule has 152 valence electrons. The average Bonchev–Trinajstić information content (AvgIpc) is 3.41. The quantitative estimate of drug-likeness (QED) is 0.341. The normalized spacial score (nSPS) is 13.6. The lowest BCUT2D eigenvalue weighted by molar-refractivity contribution is -0.132. The number of amides is 1. The second-order valence-corrected chi connectivity index (χ2v) is 7.45. The number of esters is 1. The predicted molar refractivity (Wildman–Crippen MR) is 103 cm³/mol. The first-order valence-electron chi connectivity index (χ1n) is 10.5. The molecule has 0 aromatic carbocycles. The van der Waals surface area contributed by atoms with Gasteiger partial charge in [0.05, 0.1) is 13.7 Å². The molecule has 1 fully saturated rings. The maximum absolute atomic E-state index is 12.6. The lowest BCUT2D eigenvalue weighted by Gasteiger charge is -2.20. The van der Waals surface area contributed by atoms with E-state index in [1.807, 2.05) is 4.90 Å². The predicted octanol–water partition coefficient (Wildman–Crippen LogP) is 4.87. The standard InChI is InChI=1S/C21H34N2O4/c1-3-4-5-6-7-8-9-10-11-12-20(24)23(17-13-14-17)15-19-22-18(16-27-19)21(25)26-2/h16-17H,3-15H2,1-2H3. The van der Waals surface area contributed by atoms with Gasteiger partial charge in [0.15, 0.2) is 5.69 Å². The SMILES string of the molecule is CCCCCCCCCCCC(=O)N(Cc1nc(C(=O)OC)co1)C1CC1. The first-order chi connectivity index (χ1) is 13.2. The summed E-state index contributed by atoms with van der Waals surface area (Å²) < 4.78 is 9.97. The molecule has 0 saturated heterocycles. The summed E-state index contributed by atoms with van der Waals surface area (Å²) in [6.07, 6.45) is 15.1. The maximum atomic E-state index is 12.6. The number of aromatic nitrogens is 1. The lowest BCUT2D eigenvalue weighted by atomic mass is 10.1. The number of carbonyl (C=O) groups excluding carboxylic acids is 2. The molecule has 1 saturated carbocycles. The van der Waals surface area contributed by atoms with Crippen LogP contribution < -0.4 is 0 Å². The zero-order valence-corrected chi connectivity index (χ0v) is 16.9. The number of ether oxygens (including phenoxy) is 1. The number of rotatable bonds is 14. The van der Waals surface area contributed by atoms with Crippen molar-refractivity contribution in [2.45, 2.75) is 96.6 Å². The van der Waals surface area contributed by atoms with Gasteiger partial charge >= 0.3 is 5.97 Å². The minimum absolute atomic E-state index is 0.148. The summed E-state index contributed by atoms with van der Waals surface area (Å²) in [4.78, 5) is 30.1. The van der Waals surface area contributed by atoms with Gasteiger partial charge in [0, 0.05) is 12.5 Å². The van der Waals surface area contributed by atoms with E-state index in [1.54, 1.807) is 0 Å². The highest BCUT2D eigenvalue weighted by Crippen LogP contribution is 2.29. The zero-order valence-electron chi connectivity index (χ0n) is 16.9. The molecule has 0 bridgehead atoms. The Bertz CT molecular complexity index is 580. The molecule has 1 heterocycles. The molecule has 0 radical (unpaired) electrons. The van der Waals surface area contributed by atoms with Gasteiger partial charge in [0.25, 0.3) is 0 Å². The van der Waals surface area contributed by atoms with Crippen molar-refractivity contribution >= 4 is 11.9 Å². The van der Waals surface area contributed by atoms with Crippen molar-refractivity contribution in [1.82, 2.24) is 9.88 Å². The van der Waals surface area contributed by atoms with Gasteiger partial charge in [-0.2, -0.15) is 0 Å². The Morgan fingerprint density at radius 1 is 1.11 bits per heavy atom. The van der Waals surface area contributed by atoms with Crippen LogP contribution in [0, 0.1) is 0 Å². The molecule has 1 amide bonds. The van der Waals surface area contributed by atoms with Crippen LogP contribution >= 0.6 is 0 Å². The summed E-state index contributed by atoms with van der Waals surface area (Å²) in [6, 6.07) is 0.296. The van der Waals surface area contributed by atoms with Crippen molar-refractivity contribution in [3.63, 3.8) is 0 Å². The van der Waals surface area contributed by atoms with Crippen LogP contribution in [0.1, 0.15) is 100 Å². The average molecular weight is 379 g/mol. The maximum Gasteiger partial charge on any atom is 0.360 e. The Hall–Kier alpha value is -1.85. The molecule has 0 N–H and O–H groups in total. The van der Waals surface area contributed by atoms with Gasteiger partial charge in [-0.05, 0) is 19.3 Å². The molecular formula is C21H34N2O4. The van der Waals surface area contributed by atoms with Gasteiger partial charge in [-0.25, -0.2) is 9.78 Å². The van der Waals surface area contributed by atoms with Gasteiger partial charge < -0.3 is 14.1 Å². The van der Waals surface area contributed by atoms with Crippen LogP contribution in [-0.2, 0) is 16.1 Å². The van der Waals surface area contributed by atoms with Crippen molar-refractivity contribution in [2.24, 2.45) is 0 Å². The van der Waals surface area contributed by atoms with Crippen molar-refractivity contribution in [1.29, 1.82) is 0 Å². The highest BCUT2D eigenvalue weighted by molar-refractivity contribution is 5.86. The largest absolute Gasteiger partial charge is 0.464 e. The third-order valence-electron chi connectivity index (χ3n) is 5.05. The lowest BCUT2D eigenvalue weighted by Crippen LogP contribution is -2.32. The fraction of sp³-hybridized carbons (Fsp3) is 0.762. The van der Waals surface area contributed by atoms with Crippen molar-refractivity contribution in [3.8, 4) is 0 Å². The number of unbranched alkanes of at least 4 members (excludes halogenated alkanes) is 8. The molecule has 1 aromatic rings. The van der Waals surface area contributed by atoms with Gasteiger partial charge in [-0.15, -0.1) is 0 Å². The summed E-state index contributed by atoms with van der Waals surface area (Å²) in [5.41, 5.74) is 0.148. The Balaban J connectivity index is 1.66. The van der Waals surface area contributed by atoms with Crippen LogP contribution in [0.25, 0.3) is 0 Å². The zero-order chi connectivity index (χ0) is 19.5. The summed E-state index contributed by atoms with van der Waals surface area (Å²) in [5.74, 6) is 0.0324. The molecular weight excluding hydrogens is 344 g/mol. The van der Waals surface area contributed by atoms with Crippen LogP contribution in [-0.4, -0.2) is 34.9 Å². The first-order valence-corrected chi connectivity index (χ1v) is 10.5. The first kappa shape index (κ1) is 21.5. The van der Waals surface area contributed by atoms with Gasteiger partial charge in [-0.1, -0.05) is 58.3 Å². The molecule has 2 rings (SSSR count). The number of oxazole rings is 1. The number of hydrogen-bond donors (Lipinski definition) is 0. The topological polar surface area (TPSA) is 72.6 Å². The van der Waals surface area contributed by atoms with Gasteiger partial charge in [0.1, 0.15) is 6.26 Å². The molecule has 1 aliphatic rings. The van der Waals surface area contributed by atoms with Crippen LogP contribution in [0.2, 0.25) is 0 Å². The monoisotopic (exact) mass is 378 g/mol. The van der Waals surface area contributed by atoms with Crippen LogP contribution in [0.15, 0.2) is 10.7 Å². The molecule has 0 unspecified atom stereocenters. The summed E-state index contributed by atoms with van der Waals surface area (Å²) in [5, 5.41) is 0. The van der Waals surface area contributed by atoms with Crippen molar-refractivity contribution in [2.75, 3.05) is 7.11 Å². The van der Waals surface area contributed by atoms with Crippen LogP contribution in [0.3, 0.4) is 0 Å². The van der Waals surface area contributed by atoms with E-state index in [0.29, 0.717) is 24.9 Å². The second-order valence-electron chi connectivity index (χ2n) is 7.45. The third-order valence-corrected chi connectivity index (χ3v) is 5.05. The van der Waals surface area contributed by atoms with E-state index in [4.69, 9.17) is 4.42 Å². The summed E-state index contributed by atoms with van der Waals surface area (Å²) in [7, 11) is 1.31. The Labute approximate surface area is 162 Å². The molecule has 0 spiro atoms. The van der Waals surface area contributed by atoms with Gasteiger partial charge in [-0.3, -0.25) is 4.79 Å². The third kappa shape index (κ3) is 7.73. The van der Waals surface area contributed by atoms with E-state index < -0.39 is 5.97 Å². The van der Waals surface area contributed by atoms with Crippen LogP contribution in [0.5, 0.6) is 0 Å². The Kier molecular flexibility index (Phi) is 9.36. The van der Waals surface area contributed by atoms with E-state index in [2.05, 4.69) is 16.6 Å². The molecule has 6 nitrogen and oxygen atoms in total. The van der Waals surface area contributed by atoms with Crippen molar-refractivity contribution in [3.05, 3.63) is 17.8 Å². The van der Waals surface area contributed by atoms with E-state index in [1.165, 1.54) is 58.3 Å². The molecule has 1 aromatic heterocycles. The molecule has 6 heteroatoms. The molecule has 1 aliphatic carbocycles. The minimum atomic E-state index is -0.524. The summed E-state index contributed by atoms with van der Waals surface area (Å²) in [6.45, 7) is 2.57. The fourth-order valence-corrected chi connectivity index (χ4v) is 3.27. The van der Waals surface area contributed by atoms with E-state index in [0.717, 1.165) is 25.7 Å². The Morgan fingerprint density at radius 2 is 1.74 bits per heavy atom. The summed E-state index contributed by atoms with van der Waals surface area (Å²) >= 11 is 0. The minimum Gasteiger partial charge on any atom is -0.464 e. The molecule has 0 aliphatic heterocycles. The highest BCUT2D eigenvalue weighted by Gasteiger charge is 2.33. The van der Waals surface area contributed by atoms with E-state index >= 15 is 0 Å². The van der Waals surface area contributed by atoms with E-state index in [9.17, 15) is 9.59 Å². The second kappa shape index (κ2) is 11.8. The molecule has 0 atom stereocenters. The highest BCUT2D eigenvalue weighted by atomic mass is 16.5. The fourth-order valence-electron chi connectivity index (χ4n) is 3.27. The van der Waals surface area contributed by atoms with E-state index in [-0.39, 0.29) is 11.6 Å². The molecule has 27 heavy (non-hydrogen) atoms. The number of nitrogens with zero attached hydrogens (tertiary/aromatic N) is 2. The Morgan fingerprint density at radius 3 is 2.33 bits per heavy atom. The van der Waals surface area contributed by atoms with Crippen LogP contribution in [0.4, 0.5) is 0 Å². The number of carbonyl (C=O) groups is 2. The number of methoxy groups -OCH3 is 1. The number of hydrogen-bond acceptors (Lipinski definition) is 5. The van der Waals surface area contributed by atoms with Crippen molar-refractivity contribution < 1.29 is 18.7 Å². The smallest absolute Gasteiger partial charge is 0.360 e. The van der Waals surface area contributed by atoms with Gasteiger partial charge in [0.2, 0.25) is 11.8 Å².